The Morgan fingerprint density at radius 2 is 2.17 bits per heavy atom. The van der Waals surface area contributed by atoms with Crippen LogP contribution in [0.1, 0.15) is 33.1 Å². The molecular weight excluding hydrogens is 294 g/mol. The van der Waals surface area contributed by atoms with Gasteiger partial charge in [-0.15, -0.1) is 0 Å². The van der Waals surface area contributed by atoms with Gasteiger partial charge in [-0.3, -0.25) is 18.8 Å². The number of hydrogen-bond acceptors (Lipinski definition) is 4. The van der Waals surface area contributed by atoms with Crippen molar-refractivity contribution in [3.63, 3.8) is 0 Å². The zero-order valence-electron chi connectivity index (χ0n) is 13.8. The van der Waals surface area contributed by atoms with Gasteiger partial charge in [0.25, 0.3) is 5.56 Å². The van der Waals surface area contributed by atoms with Gasteiger partial charge in [0, 0.05) is 13.1 Å². The van der Waals surface area contributed by atoms with E-state index in [1.165, 1.54) is 23.5 Å². The molecular formula is C16H23N5O2. The van der Waals surface area contributed by atoms with Crippen LogP contribution in [0.15, 0.2) is 17.3 Å². The van der Waals surface area contributed by atoms with Gasteiger partial charge >= 0.3 is 0 Å². The van der Waals surface area contributed by atoms with Gasteiger partial charge in [-0.05, 0) is 18.3 Å². The van der Waals surface area contributed by atoms with Crippen molar-refractivity contribution in [1.82, 2.24) is 24.6 Å². The summed E-state index contributed by atoms with van der Waals surface area (Å²) in [7, 11) is 1.73. The van der Waals surface area contributed by atoms with Crippen molar-refractivity contribution in [2.45, 2.75) is 45.7 Å². The first kappa shape index (κ1) is 15.7. The van der Waals surface area contributed by atoms with E-state index < -0.39 is 0 Å². The van der Waals surface area contributed by atoms with Crippen molar-refractivity contribution >= 4 is 16.9 Å². The number of rotatable bonds is 3. The molecule has 0 spiro atoms. The summed E-state index contributed by atoms with van der Waals surface area (Å²) < 4.78 is 2.89. The van der Waals surface area contributed by atoms with Gasteiger partial charge in [-0.25, -0.2) is 4.98 Å². The standard InChI is InChI=1S/C16H23N5O2/c1-10-5-4-6-13(11(10)2)19-14(22)8-21-9-17-15-12(16(21)23)7-18-20(15)3/h7,9-11,13H,4-6,8H2,1-3H3,(H,19,22)/t10-,11+,13-/m1/s1. The van der Waals surface area contributed by atoms with E-state index in [1.807, 2.05) is 0 Å². The first-order valence-electron chi connectivity index (χ1n) is 8.14. The summed E-state index contributed by atoms with van der Waals surface area (Å²) in [6.07, 6.45) is 6.27. The molecule has 3 rings (SSSR count). The van der Waals surface area contributed by atoms with E-state index in [0.29, 0.717) is 22.9 Å². The lowest BCUT2D eigenvalue weighted by Gasteiger charge is -2.34. The summed E-state index contributed by atoms with van der Waals surface area (Å²) in [4.78, 5) is 28.9. The molecule has 1 aliphatic rings. The Balaban J connectivity index is 1.73. The van der Waals surface area contributed by atoms with Crippen molar-refractivity contribution in [3.05, 3.63) is 22.9 Å². The molecule has 1 aliphatic carbocycles. The SMILES string of the molecule is C[C@H]1[C@H](C)CCC[C@H]1NC(=O)Cn1cnc2c(cnn2C)c1=O. The zero-order chi connectivity index (χ0) is 16.6. The van der Waals surface area contributed by atoms with Gasteiger partial charge < -0.3 is 5.32 Å². The Morgan fingerprint density at radius 3 is 2.96 bits per heavy atom. The van der Waals surface area contributed by atoms with E-state index in [1.54, 1.807) is 11.7 Å². The van der Waals surface area contributed by atoms with Gasteiger partial charge in [0.2, 0.25) is 5.91 Å². The molecule has 23 heavy (non-hydrogen) atoms. The summed E-state index contributed by atoms with van der Waals surface area (Å²) >= 11 is 0. The minimum atomic E-state index is -0.233. The number of fused-ring (bicyclic) bond motifs is 1. The van der Waals surface area contributed by atoms with Gasteiger partial charge in [0.15, 0.2) is 5.65 Å². The largest absolute Gasteiger partial charge is 0.352 e. The van der Waals surface area contributed by atoms with Crippen LogP contribution in [0, 0.1) is 11.8 Å². The second kappa shape index (κ2) is 6.14. The Hall–Kier alpha value is -2.18. The van der Waals surface area contributed by atoms with Crippen LogP contribution in [0.2, 0.25) is 0 Å². The highest BCUT2D eigenvalue weighted by molar-refractivity contribution is 5.77. The van der Waals surface area contributed by atoms with Crippen molar-refractivity contribution in [3.8, 4) is 0 Å². The third-order valence-corrected chi connectivity index (χ3v) is 5.09. The summed E-state index contributed by atoms with van der Waals surface area (Å²) in [6, 6.07) is 0.192. The van der Waals surface area contributed by atoms with E-state index in [4.69, 9.17) is 0 Å². The Kier molecular flexibility index (Phi) is 4.19. The topological polar surface area (TPSA) is 81.8 Å². The highest BCUT2D eigenvalue weighted by Crippen LogP contribution is 2.29. The third kappa shape index (κ3) is 3.00. The molecule has 0 aliphatic heterocycles. The average molecular weight is 317 g/mol. The molecule has 124 valence electrons. The van der Waals surface area contributed by atoms with E-state index in [-0.39, 0.29) is 24.1 Å². The number of carbonyl (C=O) groups excluding carboxylic acids is 1. The van der Waals surface area contributed by atoms with Crippen LogP contribution in [0.5, 0.6) is 0 Å². The fourth-order valence-electron chi connectivity index (χ4n) is 3.37. The third-order valence-electron chi connectivity index (χ3n) is 5.09. The molecule has 2 aromatic rings. The van der Waals surface area contributed by atoms with E-state index in [0.717, 1.165) is 12.8 Å². The zero-order valence-corrected chi connectivity index (χ0v) is 13.8. The van der Waals surface area contributed by atoms with Crippen LogP contribution in [-0.4, -0.2) is 31.3 Å². The summed E-state index contributed by atoms with van der Waals surface area (Å²) in [5, 5.41) is 7.54. The lowest BCUT2D eigenvalue weighted by molar-refractivity contribution is -0.123. The van der Waals surface area contributed by atoms with Crippen LogP contribution in [0.3, 0.4) is 0 Å². The number of aromatic nitrogens is 4. The first-order valence-corrected chi connectivity index (χ1v) is 8.14. The van der Waals surface area contributed by atoms with Crippen molar-refractivity contribution in [2.24, 2.45) is 18.9 Å². The van der Waals surface area contributed by atoms with Crippen LogP contribution in [0.25, 0.3) is 11.0 Å². The summed E-state index contributed by atoms with van der Waals surface area (Å²) in [5.74, 6) is 0.941. The maximum Gasteiger partial charge on any atom is 0.264 e. The predicted octanol–water partition coefficient (Wildman–Crippen LogP) is 1.07. The minimum absolute atomic E-state index is 0.00569. The molecule has 1 saturated carbocycles. The number of carbonyl (C=O) groups is 1. The molecule has 2 aromatic heterocycles. The molecule has 1 amide bonds. The van der Waals surface area contributed by atoms with Crippen molar-refractivity contribution in [2.75, 3.05) is 0 Å². The molecule has 0 bridgehead atoms. The van der Waals surface area contributed by atoms with Gasteiger partial charge in [-0.1, -0.05) is 26.7 Å². The number of nitrogens with zero attached hydrogens (tertiary/aromatic N) is 4. The Labute approximate surface area is 134 Å². The predicted molar refractivity (Wildman–Crippen MR) is 86.9 cm³/mol. The number of hydrogen-bond donors (Lipinski definition) is 1. The monoisotopic (exact) mass is 317 g/mol. The highest BCUT2D eigenvalue weighted by atomic mass is 16.2. The molecule has 0 radical (unpaired) electrons. The number of nitrogens with one attached hydrogen (secondary N) is 1. The first-order chi connectivity index (χ1) is 11.0. The molecule has 2 heterocycles. The smallest absolute Gasteiger partial charge is 0.264 e. The fourth-order valence-corrected chi connectivity index (χ4v) is 3.37. The van der Waals surface area contributed by atoms with Gasteiger partial charge in [0.05, 0.1) is 6.20 Å². The lowest BCUT2D eigenvalue weighted by Crippen LogP contribution is -2.45. The number of aryl methyl sites for hydroxylation is 1. The minimum Gasteiger partial charge on any atom is -0.352 e. The molecule has 7 nitrogen and oxygen atoms in total. The van der Waals surface area contributed by atoms with Crippen LogP contribution in [-0.2, 0) is 18.4 Å². The van der Waals surface area contributed by atoms with Crippen molar-refractivity contribution < 1.29 is 4.79 Å². The normalized spacial score (nSPS) is 24.7. The number of amides is 1. The summed E-state index contributed by atoms with van der Waals surface area (Å²) in [6.45, 7) is 4.41. The maximum atomic E-state index is 12.4. The Morgan fingerprint density at radius 1 is 1.39 bits per heavy atom. The maximum absolute atomic E-state index is 12.4. The van der Waals surface area contributed by atoms with Crippen LogP contribution >= 0.6 is 0 Å². The second-order valence-electron chi connectivity index (χ2n) is 6.62. The molecule has 0 aromatic carbocycles. The Bertz CT molecular complexity index is 778. The highest BCUT2D eigenvalue weighted by Gasteiger charge is 2.28. The van der Waals surface area contributed by atoms with Crippen molar-refractivity contribution in [1.29, 1.82) is 0 Å². The second-order valence-corrected chi connectivity index (χ2v) is 6.62. The molecule has 3 atom stereocenters. The average Bonchev–Trinajstić information content (AvgIpc) is 2.89. The van der Waals surface area contributed by atoms with E-state index >= 15 is 0 Å². The molecule has 7 heteroatoms. The molecule has 1 fully saturated rings. The van der Waals surface area contributed by atoms with E-state index in [2.05, 4.69) is 29.2 Å². The summed E-state index contributed by atoms with van der Waals surface area (Å²) in [5.41, 5.74) is 0.296. The quantitative estimate of drug-likeness (QED) is 0.918. The lowest BCUT2D eigenvalue weighted by atomic mass is 9.78. The molecule has 0 unspecified atom stereocenters. The van der Waals surface area contributed by atoms with Gasteiger partial charge in [-0.2, -0.15) is 5.10 Å². The van der Waals surface area contributed by atoms with Crippen LogP contribution in [0.4, 0.5) is 0 Å². The molecule has 1 N–H and O–H groups in total. The molecule has 0 saturated heterocycles. The van der Waals surface area contributed by atoms with Gasteiger partial charge in [0.1, 0.15) is 18.3 Å². The van der Waals surface area contributed by atoms with E-state index in [9.17, 15) is 9.59 Å². The van der Waals surface area contributed by atoms with Crippen LogP contribution < -0.4 is 10.9 Å². The fraction of sp³-hybridized carbons (Fsp3) is 0.625.